The number of ether oxygens (including phenoxy) is 4. The smallest absolute Gasteiger partial charge is 0.330 e. The van der Waals surface area contributed by atoms with Crippen LogP contribution < -0.4 is 14.2 Å². The molecule has 0 saturated heterocycles. The number of rotatable bonds is 6. The maximum absolute atomic E-state index is 11.7. The number of hydrogen-bond acceptors (Lipinski definition) is 5. The number of benzene rings is 2. The average Bonchev–Trinajstić information content (AvgIpc) is 3.07. The first-order valence-electron chi connectivity index (χ1n) is 7.34. The summed E-state index contributed by atoms with van der Waals surface area (Å²) in [5, 5.41) is 0.439. The van der Waals surface area contributed by atoms with E-state index >= 15 is 0 Å². The minimum absolute atomic E-state index is 0.145. The zero-order valence-electron chi connectivity index (χ0n) is 12.7. The Morgan fingerprint density at radius 1 is 1.17 bits per heavy atom. The summed E-state index contributed by atoms with van der Waals surface area (Å²) in [5.41, 5.74) is 0.724. The Bertz CT molecular complexity index is 743. The molecule has 1 heterocycles. The molecule has 0 saturated carbocycles. The number of halogens is 1. The Balaban J connectivity index is 1.46. The van der Waals surface area contributed by atoms with Crippen LogP contribution in [-0.4, -0.2) is 26.0 Å². The van der Waals surface area contributed by atoms with E-state index < -0.39 is 5.97 Å². The Morgan fingerprint density at radius 3 is 2.83 bits per heavy atom. The summed E-state index contributed by atoms with van der Waals surface area (Å²) in [6.07, 6.45) is 2.94. The lowest BCUT2D eigenvalue weighted by Gasteiger charge is -2.05. The lowest BCUT2D eigenvalue weighted by atomic mass is 10.2. The van der Waals surface area contributed by atoms with Crippen molar-refractivity contribution in [1.82, 2.24) is 0 Å². The molecule has 24 heavy (non-hydrogen) atoms. The van der Waals surface area contributed by atoms with Crippen molar-refractivity contribution >= 4 is 23.6 Å². The molecule has 1 aliphatic heterocycles. The van der Waals surface area contributed by atoms with Crippen molar-refractivity contribution < 1.29 is 23.7 Å². The second kappa shape index (κ2) is 7.75. The van der Waals surface area contributed by atoms with Crippen molar-refractivity contribution in [2.75, 3.05) is 20.0 Å². The van der Waals surface area contributed by atoms with Gasteiger partial charge in [-0.15, -0.1) is 0 Å². The molecule has 6 heteroatoms. The fourth-order valence-electron chi connectivity index (χ4n) is 2.11. The molecule has 0 spiro atoms. The minimum atomic E-state index is -0.458. The summed E-state index contributed by atoms with van der Waals surface area (Å²) in [4.78, 5) is 11.7. The van der Waals surface area contributed by atoms with E-state index in [0.717, 1.165) is 11.3 Å². The van der Waals surface area contributed by atoms with Crippen LogP contribution in [0.2, 0.25) is 5.02 Å². The zero-order chi connectivity index (χ0) is 16.8. The first kappa shape index (κ1) is 16.2. The van der Waals surface area contributed by atoms with E-state index in [2.05, 4.69) is 0 Å². The Labute approximate surface area is 144 Å². The number of carbonyl (C=O) groups is 1. The van der Waals surface area contributed by atoms with Crippen LogP contribution in [0.1, 0.15) is 5.56 Å². The fourth-order valence-corrected chi connectivity index (χ4v) is 2.39. The van der Waals surface area contributed by atoms with Gasteiger partial charge in [-0.2, -0.15) is 0 Å². The van der Waals surface area contributed by atoms with Gasteiger partial charge < -0.3 is 18.9 Å². The second-order valence-electron chi connectivity index (χ2n) is 4.90. The molecule has 3 rings (SSSR count). The molecule has 2 aromatic rings. The highest BCUT2D eigenvalue weighted by molar-refractivity contribution is 6.32. The van der Waals surface area contributed by atoms with E-state index in [0.29, 0.717) is 23.1 Å². The maximum Gasteiger partial charge on any atom is 0.330 e. The van der Waals surface area contributed by atoms with Crippen LogP contribution in [0, 0.1) is 0 Å². The van der Waals surface area contributed by atoms with Gasteiger partial charge in [-0.05, 0) is 35.9 Å². The van der Waals surface area contributed by atoms with E-state index in [9.17, 15) is 4.79 Å². The molecule has 1 aliphatic rings. The summed E-state index contributed by atoms with van der Waals surface area (Å²) < 4.78 is 21.0. The quantitative estimate of drug-likeness (QED) is 0.453. The molecule has 0 aromatic heterocycles. The molecular formula is C18H15ClO5. The number of carbonyl (C=O) groups excluding carboxylic acids is 1. The number of esters is 1. The molecule has 0 aliphatic carbocycles. The van der Waals surface area contributed by atoms with E-state index in [1.165, 1.54) is 6.08 Å². The lowest BCUT2D eigenvalue weighted by Crippen LogP contribution is -2.10. The van der Waals surface area contributed by atoms with Crippen molar-refractivity contribution in [3.05, 3.63) is 59.1 Å². The standard InChI is InChI=1S/C18H15ClO5/c19-15-10-13(11-16-18(15)24-12-23-16)6-7-17(20)22-9-8-21-14-4-2-1-3-5-14/h1-7,10-11H,8-9,12H2/b7-6+. The number of fused-ring (bicyclic) bond motifs is 1. The average molecular weight is 347 g/mol. The van der Waals surface area contributed by atoms with Crippen LogP contribution >= 0.6 is 11.6 Å². The lowest BCUT2D eigenvalue weighted by molar-refractivity contribution is -0.138. The van der Waals surface area contributed by atoms with Crippen LogP contribution in [0.5, 0.6) is 17.2 Å². The van der Waals surface area contributed by atoms with Gasteiger partial charge in [0.15, 0.2) is 11.5 Å². The zero-order valence-corrected chi connectivity index (χ0v) is 13.5. The van der Waals surface area contributed by atoms with E-state index in [1.807, 2.05) is 30.3 Å². The van der Waals surface area contributed by atoms with Gasteiger partial charge in [-0.3, -0.25) is 0 Å². The molecule has 0 bridgehead atoms. The molecule has 0 radical (unpaired) electrons. The van der Waals surface area contributed by atoms with Gasteiger partial charge in [0, 0.05) is 6.08 Å². The summed E-state index contributed by atoms with van der Waals surface area (Å²) in [6, 6.07) is 12.8. The number of hydrogen-bond donors (Lipinski definition) is 0. The van der Waals surface area contributed by atoms with Gasteiger partial charge in [-0.25, -0.2) is 4.79 Å². The summed E-state index contributed by atoms with van der Waals surface area (Å²) in [5.74, 6) is 1.36. The fraction of sp³-hybridized carbons (Fsp3) is 0.167. The minimum Gasteiger partial charge on any atom is -0.490 e. The highest BCUT2D eigenvalue weighted by Crippen LogP contribution is 2.40. The third-order valence-corrected chi connectivity index (χ3v) is 3.48. The van der Waals surface area contributed by atoms with Crippen molar-refractivity contribution in [2.24, 2.45) is 0 Å². The van der Waals surface area contributed by atoms with Gasteiger partial charge in [0.05, 0.1) is 5.02 Å². The van der Waals surface area contributed by atoms with Gasteiger partial charge >= 0.3 is 5.97 Å². The first-order valence-corrected chi connectivity index (χ1v) is 7.72. The summed E-state index contributed by atoms with van der Waals surface area (Å²) in [7, 11) is 0. The Kier molecular flexibility index (Phi) is 5.23. The molecule has 2 aromatic carbocycles. The van der Waals surface area contributed by atoms with Crippen molar-refractivity contribution in [1.29, 1.82) is 0 Å². The van der Waals surface area contributed by atoms with Crippen molar-refractivity contribution in [3.63, 3.8) is 0 Å². The molecule has 124 valence electrons. The van der Waals surface area contributed by atoms with E-state index in [4.69, 9.17) is 30.5 Å². The third-order valence-electron chi connectivity index (χ3n) is 3.20. The summed E-state index contributed by atoms with van der Waals surface area (Å²) >= 11 is 6.08. The van der Waals surface area contributed by atoms with Crippen molar-refractivity contribution in [3.8, 4) is 17.2 Å². The maximum atomic E-state index is 11.7. The highest BCUT2D eigenvalue weighted by atomic mass is 35.5. The van der Waals surface area contributed by atoms with Crippen LogP contribution in [0.3, 0.4) is 0 Å². The molecule has 0 amide bonds. The monoisotopic (exact) mass is 346 g/mol. The van der Waals surface area contributed by atoms with Gasteiger partial charge in [0.1, 0.15) is 19.0 Å². The highest BCUT2D eigenvalue weighted by Gasteiger charge is 2.17. The largest absolute Gasteiger partial charge is 0.490 e. The van der Waals surface area contributed by atoms with E-state index in [-0.39, 0.29) is 13.4 Å². The molecule has 0 fully saturated rings. The van der Waals surface area contributed by atoms with Gasteiger partial charge in [0.2, 0.25) is 6.79 Å². The predicted molar refractivity (Wildman–Crippen MR) is 89.5 cm³/mol. The van der Waals surface area contributed by atoms with Crippen LogP contribution in [0.15, 0.2) is 48.5 Å². The molecular weight excluding hydrogens is 332 g/mol. The molecule has 0 N–H and O–H groups in total. The van der Waals surface area contributed by atoms with Crippen LogP contribution in [-0.2, 0) is 9.53 Å². The normalized spacial score (nSPS) is 12.4. The van der Waals surface area contributed by atoms with Crippen LogP contribution in [0.25, 0.3) is 6.08 Å². The Hall–Kier alpha value is -2.66. The summed E-state index contributed by atoms with van der Waals surface area (Å²) in [6.45, 7) is 0.602. The topological polar surface area (TPSA) is 54.0 Å². The van der Waals surface area contributed by atoms with E-state index in [1.54, 1.807) is 18.2 Å². The first-order chi connectivity index (χ1) is 11.7. The SMILES string of the molecule is O=C(/C=C/c1cc(Cl)c2c(c1)OCO2)OCCOc1ccccc1. The second-order valence-corrected chi connectivity index (χ2v) is 5.31. The Morgan fingerprint density at radius 2 is 2.00 bits per heavy atom. The third kappa shape index (κ3) is 4.20. The number of para-hydroxylation sites is 1. The molecule has 0 unspecified atom stereocenters. The van der Waals surface area contributed by atoms with Gasteiger partial charge in [0.25, 0.3) is 0 Å². The predicted octanol–water partition coefficient (Wildman–Crippen LogP) is 3.70. The van der Waals surface area contributed by atoms with Crippen molar-refractivity contribution in [2.45, 2.75) is 0 Å². The van der Waals surface area contributed by atoms with Crippen LogP contribution in [0.4, 0.5) is 0 Å². The molecule has 0 atom stereocenters. The molecule has 5 nitrogen and oxygen atoms in total. The van der Waals surface area contributed by atoms with Gasteiger partial charge in [-0.1, -0.05) is 29.8 Å².